The maximum atomic E-state index is 5.42. The number of hydrogen-bond donors (Lipinski definition) is 2. The summed E-state index contributed by atoms with van der Waals surface area (Å²) in [7, 11) is 3.66. The van der Waals surface area contributed by atoms with E-state index in [2.05, 4.69) is 49.6 Å². The normalized spacial score (nSPS) is 11.6. The minimum absolute atomic E-state index is 0.102. The zero-order valence-electron chi connectivity index (χ0n) is 11.6. The summed E-state index contributed by atoms with van der Waals surface area (Å²) in [6.07, 6.45) is 0. The highest BCUT2D eigenvalue weighted by atomic mass is 16.5. The predicted molar refractivity (Wildman–Crippen MR) is 72.5 cm³/mol. The highest BCUT2D eigenvalue weighted by Crippen LogP contribution is 2.31. The molecule has 0 atom stereocenters. The summed E-state index contributed by atoms with van der Waals surface area (Å²) < 4.78 is 5.42. The topological polar surface area (TPSA) is 33.3 Å². The van der Waals surface area contributed by atoms with Crippen LogP contribution in [0.3, 0.4) is 0 Å². The number of ether oxygens (including phenoxy) is 1. The minimum Gasteiger partial charge on any atom is -0.496 e. The average Bonchev–Trinajstić information content (AvgIpc) is 2.28. The summed E-state index contributed by atoms with van der Waals surface area (Å²) in [5, 5.41) is 6.39. The van der Waals surface area contributed by atoms with Gasteiger partial charge in [0.05, 0.1) is 7.11 Å². The van der Waals surface area contributed by atoms with Gasteiger partial charge in [-0.25, -0.2) is 0 Å². The van der Waals surface area contributed by atoms with Crippen molar-refractivity contribution in [3.05, 3.63) is 29.3 Å². The van der Waals surface area contributed by atoms with Crippen LogP contribution in [0.5, 0.6) is 5.75 Å². The molecule has 3 nitrogen and oxygen atoms in total. The molecular formula is C14H24N2O. The molecule has 17 heavy (non-hydrogen) atoms. The van der Waals surface area contributed by atoms with Gasteiger partial charge in [0.25, 0.3) is 0 Å². The second-order valence-electron chi connectivity index (χ2n) is 5.24. The molecule has 0 aliphatic rings. The molecule has 0 aliphatic heterocycles. The fraction of sp³-hybridized carbons (Fsp3) is 0.571. The number of benzene rings is 1. The Morgan fingerprint density at radius 3 is 2.47 bits per heavy atom. The molecule has 1 rings (SSSR count). The second-order valence-corrected chi connectivity index (χ2v) is 5.24. The Hall–Kier alpha value is -1.06. The molecule has 0 unspecified atom stereocenters. The van der Waals surface area contributed by atoms with Crippen LogP contribution in [0.25, 0.3) is 0 Å². The van der Waals surface area contributed by atoms with Gasteiger partial charge < -0.3 is 15.4 Å². The van der Waals surface area contributed by atoms with Crippen molar-refractivity contribution in [3.63, 3.8) is 0 Å². The molecule has 0 aromatic heterocycles. The predicted octanol–water partition coefficient (Wildman–Crippen LogP) is 2.26. The fourth-order valence-corrected chi connectivity index (χ4v) is 1.78. The van der Waals surface area contributed by atoms with Crippen LogP contribution >= 0.6 is 0 Å². The third kappa shape index (κ3) is 4.02. The van der Waals surface area contributed by atoms with Crippen molar-refractivity contribution in [1.82, 2.24) is 10.6 Å². The van der Waals surface area contributed by atoms with Gasteiger partial charge in [-0.1, -0.05) is 32.9 Å². The highest BCUT2D eigenvalue weighted by Gasteiger charge is 2.18. The van der Waals surface area contributed by atoms with E-state index in [1.807, 2.05) is 7.05 Å². The van der Waals surface area contributed by atoms with Gasteiger partial charge >= 0.3 is 0 Å². The van der Waals surface area contributed by atoms with Gasteiger partial charge in [0.15, 0.2) is 0 Å². The van der Waals surface area contributed by atoms with Gasteiger partial charge in [-0.3, -0.25) is 0 Å². The summed E-state index contributed by atoms with van der Waals surface area (Å²) in [5.41, 5.74) is 2.64. The molecule has 0 bridgehead atoms. The molecular weight excluding hydrogens is 212 g/mol. The molecule has 0 amide bonds. The SMILES string of the molecule is CNCNCc1ccc(OC)c(C(C)(C)C)c1. The molecule has 0 saturated heterocycles. The Bertz CT molecular complexity index is 356. The number of nitrogens with one attached hydrogen (secondary N) is 2. The number of rotatable bonds is 5. The molecule has 0 aliphatic carbocycles. The molecule has 96 valence electrons. The minimum atomic E-state index is 0.102. The van der Waals surface area contributed by atoms with Gasteiger partial charge in [-0.05, 0) is 29.7 Å². The van der Waals surface area contributed by atoms with Gasteiger partial charge in [-0.15, -0.1) is 0 Å². The maximum absolute atomic E-state index is 5.42. The first kappa shape index (κ1) is 14.0. The maximum Gasteiger partial charge on any atom is 0.122 e. The summed E-state index contributed by atoms with van der Waals surface area (Å²) in [6.45, 7) is 8.30. The van der Waals surface area contributed by atoms with Crippen molar-refractivity contribution in [2.45, 2.75) is 32.7 Å². The van der Waals surface area contributed by atoms with E-state index in [1.54, 1.807) is 7.11 Å². The third-order valence-corrected chi connectivity index (χ3v) is 2.70. The largest absolute Gasteiger partial charge is 0.496 e. The van der Waals surface area contributed by atoms with Gasteiger partial charge in [0.2, 0.25) is 0 Å². The molecule has 3 heteroatoms. The number of methoxy groups -OCH3 is 1. The average molecular weight is 236 g/mol. The lowest BCUT2D eigenvalue weighted by Crippen LogP contribution is -2.25. The first-order chi connectivity index (χ1) is 7.99. The van der Waals surface area contributed by atoms with E-state index >= 15 is 0 Å². The van der Waals surface area contributed by atoms with Crippen molar-refractivity contribution in [2.75, 3.05) is 20.8 Å². The number of hydrogen-bond acceptors (Lipinski definition) is 3. The molecule has 0 spiro atoms. The van der Waals surface area contributed by atoms with Crippen LogP contribution in [-0.2, 0) is 12.0 Å². The quantitative estimate of drug-likeness (QED) is 0.608. The van der Waals surface area contributed by atoms with Crippen LogP contribution in [0.4, 0.5) is 0 Å². The smallest absolute Gasteiger partial charge is 0.122 e. The molecule has 2 N–H and O–H groups in total. The van der Waals surface area contributed by atoms with Crippen molar-refractivity contribution < 1.29 is 4.74 Å². The van der Waals surface area contributed by atoms with E-state index in [1.165, 1.54) is 11.1 Å². The summed E-state index contributed by atoms with van der Waals surface area (Å²) in [5.74, 6) is 0.967. The Balaban J connectivity index is 2.89. The van der Waals surface area contributed by atoms with Crippen LogP contribution < -0.4 is 15.4 Å². The lowest BCUT2D eigenvalue weighted by molar-refractivity contribution is 0.397. The summed E-state index contributed by atoms with van der Waals surface area (Å²) in [4.78, 5) is 0. The zero-order chi connectivity index (χ0) is 12.9. The zero-order valence-corrected chi connectivity index (χ0v) is 11.6. The lowest BCUT2D eigenvalue weighted by atomic mass is 9.85. The first-order valence-electron chi connectivity index (χ1n) is 6.01. The molecule has 0 heterocycles. The highest BCUT2D eigenvalue weighted by molar-refractivity contribution is 5.41. The van der Waals surface area contributed by atoms with Crippen molar-refractivity contribution in [3.8, 4) is 5.75 Å². The second kappa shape index (κ2) is 6.03. The van der Waals surface area contributed by atoms with Crippen molar-refractivity contribution in [2.24, 2.45) is 0 Å². The Labute approximate surface area is 105 Å². The van der Waals surface area contributed by atoms with Crippen LogP contribution in [0.2, 0.25) is 0 Å². The van der Waals surface area contributed by atoms with Gasteiger partial charge in [-0.2, -0.15) is 0 Å². The van der Waals surface area contributed by atoms with Crippen LogP contribution in [-0.4, -0.2) is 20.8 Å². The van der Waals surface area contributed by atoms with Crippen LogP contribution in [0.15, 0.2) is 18.2 Å². The van der Waals surface area contributed by atoms with Gasteiger partial charge in [0, 0.05) is 13.2 Å². The van der Waals surface area contributed by atoms with E-state index in [-0.39, 0.29) is 5.41 Å². The van der Waals surface area contributed by atoms with E-state index in [9.17, 15) is 0 Å². The van der Waals surface area contributed by atoms with Crippen molar-refractivity contribution >= 4 is 0 Å². The van der Waals surface area contributed by atoms with E-state index in [4.69, 9.17) is 4.74 Å². The first-order valence-corrected chi connectivity index (χ1v) is 6.01. The van der Waals surface area contributed by atoms with E-state index < -0.39 is 0 Å². The van der Waals surface area contributed by atoms with Gasteiger partial charge in [0.1, 0.15) is 5.75 Å². The Morgan fingerprint density at radius 2 is 1.94 bits per heavy atom. The summed E-state index contributed by atoms with van der Waals surface area (Å²) >= 11 is 0. The Morgan fingerprint density at radius 1 is 1.24 bits per heavy atom. The third-order valence-electron chi connectivity index (χ3n) is 2.70. The van der Waals surface area contributed by atoms with E-state index in [0.717, 1.165) is 19.0 Å². The fourth-order valence-electron chi connectivity index (χ4n) is 1.78. The summed E-state index contributed by atoms with van der Waals surface area (Å²) in [6, 6.07) is 6.38. The molecule has 0 radical (unpaired) electrons. The van der Waals surface area contributed by atoms with E-state index in [0.29, 0.717) is 0 Å². The van der Waals surface area contributed by atoms with Crippen molar-refractivity contribution in [1.29, 1.82) is 0 Å². The monoisotopic (exact) mass is 236 g/mol. The van der Waals surface area contributed by atoms with Crippen LogP contribution in [0.1, 0.15) is 31.9 Å². The molecule has 0 saturated carbocycles. The Kier molecular flexibility index (Phi) is 4.97. The molecule has 0 fully saturated rings. The van der Waals surface area contributed by atoms with Crippen LogP contribution in [0, 0.1) is 0 Å². The molecule has 1 aromatic carbocycles. The lowest BCUT2D eigenvalue weighted by Gasteiger charge is -2.23. The standard InChI is InChI=1S/C14H24N2O/c1-14(2,3)12-8-11(9-16-10-15-4)6-7-13(12)17-5/h6-8,15-16H,9-10H2,1-5H3. The molecule has 1 aromatic rings.